The lowest BCUT2D eigenvalue weighted by Gasteiger charge is -2.04. The van der Waals surface area contributed by atoms with Crippen LogP contribution >= 0.6 is 11.9 Å². The zero-order valence-corrected chi connectivity index (χ0v) is 9.30. The highest BCUT2D eigenvalue weighted by Gasteiger charge is 1.96. The third-order valence-electron chi connectivity index (χ3n) is 1.58. The second-order valence-corrected chi connectivity index (χ2v) is 3.89. The highest BCUT2D eigenvalue weighted by Crippen LogP contribution is 2.17. The van der Waals surface area contributed by atoms with E-state index in [4.69, 9.17) is 5.11 Å². The molecule has 82 valence electrons. The Balaban J connectivity index is 2.45. The van der Waals surface area contributed by atoms with Crippen LogP contribution in [0.1, 0.15) is 6.92 Å². The van der Waals surface area contributed by atoms with Gasteiger partial charge in [-0.3, -0.25) is 9.52 Å². The van der Waals surface area contributed by atoms with E-state index in [-0.39, 0.29) is 12.5 Å². The van der Waals surface area contributed by atoms with E-state index in [1.54, 1.807) is 0 Å². The van der Waals surface area contributed by atoms with Crippen LogP contribution in [0.25, 0.3) is 0 Å². The summed E-state index contributed by atoms with van der Waals surface area (Å²) in [7, 11) is 0. The Hall–Kier alpha value is -1.04. The molecule has 0 atom stereocenters. The van der Waals surface area contributed by atoms with Crippen molar-refractivity contribution < 1.29 is 9.90 Å². The summed E-state index contributed by atoms with van der Waals surface area (Å²) in [5, 5.41) is 11.3. The summed E-state index contributed by atoms with van der Waals surface area (Å²) < 4.78 is 2.99. The standard InChI is InChI=1S/C10H14N2O2S/c1-8(14)12-9-2-4-10(5-3-9)15-11-6-7-13/h2-5,11,13H,6-7H2,1H3,(H,12,14). The van der Waals surface area contributed by atoms with Gasteiger partial charge in [0.05, 0.1) is 6.61 Å². The quantitative estimate of drug-likeness (QED) is 0.522. The topological polar surface area (TPSA) is 61.4 Å². The first kappa shape index (κ1) is 12.0. The molecule has 0 aliphatic heterocycles. The van der Waals surface area contributed by atoms with Gasteiger partial charge in [0.2, 0.25) is 5.91 Å². The number of carbonyl (C=O) groups is 1. The second kappa shape index (κ2) is 6.44. The van der Waals surface area contributed by atoms with Gasteiger partial charge in [-0.15, -0.1) is 0 Å². The van der Waals surface area contributed by atoms with E-state index in [1.807, 2.05) is 24.3 Å². The van der Waals surface area contributed by atoms with Crippen LogP contribution in [0.2, 0.25) is 0 Å². The molecule has 4 nitrogen and oxygen atoms in total. The first-order valence-electron chi connectivity index (χ1n) is 4.60. The molecule has 0 fully saturated rings. The van der Waals surface area contributed by atoms with Crippen LogP contribution in [0.3, 0.4) is 0 Å². The summed E-state index contributed by atoms with van der Waals surface area (Å²) >= 11 is 1.45. The molecular formula is C10H14N2O2S. The first-order chi connectivity index (χ1) is 7.22. The summed E-state index contributed by atoms with van der Waals surface area (Å²) in [6.45, 7) is 2.15. The van der Waals surface area contributed by atoms with E-state index >= 15 is 0 Å². The third-order valence-corrected chi connectivity index (χ3v) is 2.43. The molecule has 0 saturated heterocycles. The Morgan fingerprint density at radius 2 is 2.07 bits per heavy atom. The smallest absolute Gasteiger partial charge is 0.221 e. The van der Waals surface area contributed by atoms with Crippen LogP contribution in [-0.2, 0) is 4.79 Å². The fraction of sp³-hybridized carbons (Fsp3) is 0.300. The molecule has 1 aromatic carbocycles. The molecule has 0 heterocycles. The summed E-state index contributed by atoms with van der Waals surface area (Å²) in [6, 6.07) is 7.48. The molecule has 0 aliphatic carbocycles. The first-order valence-corrected chi connectivity index (χ1v) is 5.42. The second-order valence-electron chi connectivity index (χ2n) is 2.93. The molecule has 0 spiro atoms. The highest BCUT2D eigenvalue weighted by molar-refractivity contribution is 7.97. The van der Waals surface area contributed by atoms with E-state index < -0.39 is 0 Å². The molecule has 0 unspecified atom stereocenters. The van der Waals surface area contributed by atoms with Gasteiger partial charge < -0.3 is 10.4 Å². The fourth-order valence-corrected chi connectivity index (χ4v) is 1.62. The number of benzene rings is 1. The summed E-state index contributed by atoms with van der Waals surface area (Å²) in [5.74, 6) is -0.0752. The van der Waals surface area contributed by atoms with Crippen molar-refractivity contribution in [1.29, 1.82) is 0 Å². The van der Waals surface area contributed by atoms with Gasteiger partial charge in [-0.25, -0.2) is 0 Å². The van der Waals surface area contributed by atoms with Gasteiger partial charge in [0.15, 0.2) is 0 Å². The van der Waals surface area contributed by atoms with Gasteiger partial charge in [-0.2, -0.15) is 0 Å². The SMILES string of the molecule is CC(=O)Nc1ccc(SNCCO)cc1. The average molecular weight is 226 g/mol. The number of rotatable bonds is 5. The zero-order chi connectivity index (χ0) is 11.1. The lowest BCUT2D eigenvalue weighted by molar-refractivity contribution is -0.114. The molecule has 1 aromatic rings. The molecule has 15 heavy (non-hydrogen) atoms. The number of aliphatic hydroxyl groups is 1. The Morgan fingerprint density at radius 1 is 1.40 bits per heavy atom. The van der Waals surface area contributed by atoms with Crippen molar-refractivity contribution in [2.75, 3.05) is 18.5 Å². The monoisotopic (exact) mass is 226 g/mol. The molecular weight excluding hydrogens is 212 g/mol. The molecule has 1 rings (SSSR count). The molecule has 3 N–H and O–H groups in total. The lowest BCUT2D eigenvalue weighted by Crippen LogP contribution is -2.09. The van der Waals surface area contributed by atoms with Gasteiger partial charge in [-0.05, 0) is 36.2 Å². The fourth-order valence-electron chi connectivity index (χ4n) is 0.990. The maximum Gasteiger partial charge on any atom is 0.221 e. The number of carbonyl (C=O) groups excluding carboxylic acids is 1. The number of hydrogen-bond acceptors (Lipinski definition) is 4. The minimum atomic E-state index is -0.0752. The molecule has 0 aromatic heterocycles. The number of anilines is 1. The Kier molecular flexibility index (Phi) is 5.17. The molecule has 0 bridgehead atoms. The van der Waals surface area contributed by atoms with Crippen molar-refractivity contribution in [2.45, 2.75) is 11.8 Å². The molecule has 0 radical (unpaired) electrons. The van der Waals surface area contributed by atoms with Gasteiger partial charge >= 0.3 is 0 Å². The summed E-state index contributed by atoms with van der Waals surface area (Å²) in [6.07, 6.45) is 0. The van der Waals surface area contributed by atoms with Crippen molar-refractivity contribution in [2.24, 2.45) is 0 Å². The van der Waals surface area contributed by atoms with Crippen molar-refractivity contribution >= 4 is 23.5 Å². The predicted molar refractivity (Wildman–Crippen MR) is 61.7 cm³/mol. The Bertz CT molecular complexity index is 314. The average Bonchev–Trinajstić information content (AvgIpc) is 2.20. The van der Waals surface area contributed by atoms with E-state index in [0.717, 1.165) is 10.6 Å². The maximum atomic E-state index is 10.8. The van der Waals surface area contributed by atoms with Gasteiger partial charge in [-0.1, -0.05) is 0 Å². The van der Waals surface area contributed by atoms with Crippen LogP contribution in [0, 0.1) is 0 Å². The Labute approximate surface area is 93.2 Å². The van der Waals surface area contributed by atoms with E-state index in [1.165, 1.54) is 18.9 Å². The number of nitrogens with one attached hydrogen (secondary N) is 2. The van der Waals surface area contributed by atoms with Gasteiger partial charge in [0, 0.05) is 24.1 Å². The Morgan fingerprint density at radius 3 is 2.60 bits per heavy atom. The molecule has 0 aliphatic rings. The number of hydrogen-bond donors (Lipinski definition) is 3. The van der Waals surface area contributed by atoms with Crippen LogP contribution < -0.4 is 10.0 Å². The molecule has 0 saturated carbocycles. The zero-order valence-electron chi connectivity index (χ0n) is 8.49. The normalized spacial score (nSPS) is 10.0. The van der Waals surface area contributed by atoms with Crippen LogP contribution in [0.4, 0.5) is 5.69 Å². The lowest BCUT2D eigenvalue weighted by atomic mass is 10.3. The summed E-state index contributed by atoms with van der Waals surface area (Å²) in [4.78, 5) is 11.8. The minimum absolute atomic E-state index is 0.0752. The predicted octanol–water partition coefficient (Wildman–Crippen LogP) is 1.23. The molecule has 5 heteroatoms. The highest BCUT2D eigenvalue weighted by atomic mass is 32.2. The number of amides is 1. The number of aliphatic hydroxyl groups excluding tert-OH is 1. The van der Waals surface area contributed by atoms with Crippen LogP contribution in [0.5, 0.6) is 0 Å². The van der Waals surface area contributed by atoms with Crippen molar-refractivity contribution in [3.05, 3.63) is 24.3 Å². The summed E-state index contributed by atoms with van der Waals surface area (Å²) in [5.41, 5.74) is 0.786. The van der Waals surface area contributed by atoms with E-state index in [9.17, 15) is 4.79 Å². The van der Waals surface area contributed by atoms with Gasteiger partial charge in [0.1, 0.15) is 0 Å². The van der Waals surface area contributed by atoms with Crippen LogP contribution in [0.15, 0.2) is 29.2 Å². The maximum absolute atomic E-state index is 10.8. The van der Waals surface area contributed by atoms with Crippen molar-refractivity contribution in [3.63, 3.8) is 0 Å². The van der Waals surface area contributed by atoms with E-state index in [0.29, 0.717) is 6.54 Å². The van der Waals surface area contributed by atoms with Crippen molar-refractivity contribution in [3.8, 4) is 0 Å². The van der Waals surface area contributed by atoms with E-state index in [2.05, 4.69) is 10.0 Å². The third kappa shape index (κ3) is 4.83. The van der Waals surface area contributed by atoms with Gasteiger partial charge in [0.25, 0.3) is 0 Å². The molecule has 1 amide bonds. The van der Waals surface area contributed by atoms with Crippen molar-refractivity contribution in [1.82, 2.24) is 4.72 Å². The largest absolute Gasteiger partial charge is 0.395 e. The van der Waals surface area contributed by atoms with Crippen LogP contribution in [-0.4, -0.2) is 24.2 Å². The minimum Gasteiger partial charge on any atom is -0.395 e.